The fourth-order valence-corrected chi connectivity index (χ4v) is 2.17. The first kappa shape index (κ1) is 20.9. The molecule has 0 N–H and O–H groups in total. The molecule has 0 saturated heterocycles. The van der Waals surface area contributed by atoms with Gasteiger partial charge in [0.1, 0.15) is 12.7 Å². The molecule has 0 bridgehead atoms. The average Bonchev–Trinajstić information content (AvgIpc) is 2.49. The minimum atomic E-state index is -0.359. The van der Waals surface area contributed by atoms with E-state index in [0.717, 1.165) is 38.5 Å². The van der Waals surface area contributed by atoms with Gasteiger partial charge in [0.25, 0.3) is 0 Å². The van der Waals surface area contributed by atoms with Crippen molar-refractivity contribution in [2.75, 3.05) is 6.61 Å². The van der Waals surface area contributed by atoms with E-state index in [1.165, 1.54) is 19.3 Å². The van der Waals surface area contributed by atoms with E-state index in [-0.39, 0.29) is 24.6 Å². The smallest absolute Gasteiger partial charge is 0.306 e. The van der Waals surface area contributed by atoms with Crippen molar-refractivity contribution < 1.29 is 19.1 Å². The Kier molecular flexibility index (Phi) is 14.1. The highest BCUT2D eigenvalue weighted by Gasteiger charge is 2.12. The monoisotopic (exact) mass is 314 g/mol. The third-order valence-corrected chi connectivity index (χ3v) is 3.53. The van der Waals surface area contributed by atoms with Gasteiger partial charge in [-0.25, -0.2) is 0 Å². The number of unbranched alkanes of at least 4 members (excludes halogenated alkanes) is 7. The molecule has 0 fully saturated rings. The van der Waals surface area contributed by atoms with Crippen LogP contribution in [-0.2, 0) is 19.1 Å². The van der Waals surface area contributed by atoms with Crippen molar-refractivity contribution in [1.29, 1.82) is 0 Å². The summed E-state index contributed by atoms with van der Waals surface area (Å²) in [4.78, 5) is 23.1. The second-order valence-corrected chi connectivity index (χ2v) is 5.96. The lowest BCUT2D eigenvalue weighted by molar-refractivity contribution is -0.158. The minimum Gasteiger partial charge on any atom is -0.462 e. The van der Waals surface area contributed by atoms with Gasteiger partial charge in [-0.1, -0.05) is 58.8 Å². The normalized spacial score (nSPS) is 12.0. The molecule has 0 aliphatic heterocycles. The van der Waals surface area contributed by atoms with Crippen LogP contribution in [-0.4, -0.2) is 24.6 Å². The molecule has 1 unspecified atom stereocenters. The SMILES string of the molecule is CCCCCCCC(=O)OCC(C)OC(=O)CCCCCC. The summed E-state index contributed by atoms with van der Waals surface area (Å²) < 4.78 is 10.4. The van der Waals surface area contributed by atoms with E-state index < -0.39 is 0 Å². The van der Waals surface area contributed by atoms with Crippen molar-refractivity contribution in [3.8, 4) is 0 Å². The molecule has 0 radical (unpaired) electrons. The van der Waals surface area contributed by atoms with E-state index in [1.807, 2.05) is 0 Å². The lowest BCUT2D eigenvalue weighted by atomic mass is 10.1. The second-order valence-electron chi connectivity index (χ2n) is 5.96. The summed E-state index contributed by atoms with van der Waals surface area (Å²) in [5, 5.41) is 0. The van der Waals surface area contributed by atoms with Gasteiger partial charge in [0.15, 0.2) is 0 Å². The molecule has 0 aliphatic rings. The quantitative estimate of drug-likeness (QED) is 0.341. The lowest BCUT2D eigenvalue weighted by Crippen LogP contribution is -2.22. The summed E-state index contributed by atoms with van der Waals surface area (Å²) in [7, 11) is 0. The maximum absolute atomic E-state index is 11.6. The van der Waals surface area contributed by atoms with Gasteiger partial charge in [-0.15, -0.1) is 0 Å². The summed E-state index contributed by atoms with van der Waals surface area (Å²) in [6.07, 6.45) is 10.3. The summed E-state index contributed by atoms with van der Waals surface area (Å²) in [5.74, 6) is -0.387. The van der Waals surface area contributed by atoms with E-state index in [2.05, 4.69) is 13.8 Å². The van der Waals surface area contributed by atoms with Crippen LogP contribution in [0.1, 0.15) is 91.4 Å². The molecule has 0 aliphatic carbocycles. The zero-order valence-electron chi connectivity index (χ0n) is 14.7. The van der Waals surface area contributed by atoms with Crippen LogP contribution in [0.5, 0.6) is 0 Å². The number of hydrogen-bond donors (Lipinski definition) is 0. The molecule has 0 heterocycles. The van der Waals surface area contributed by atoms with Crippen molar-refractivity contribution >= 4 is 11.9 Å². The molecule has 0 amide bonds. The Balaban J connectivity index is 3.55. The Morgan fingerprint density at radius 3 is 1.86 bits per heavy atom. The zero-order chi connectivity index (χ0) is 16.6. The van der Waals surface area contributed by atoms with Crippen LogP contribution in [0, 0.1) is 0 Å². The number of carbonyl (C=O) groups is 2. The molecule has 22 heavy (non-hydrogen) atoms. The number of rotatable bonds is 14. The van der Waals surface area contributed by atoms with Crippen molar-refractivity contribution in [2.45, 2.75) is 97.5 Å². The van der Waals surface area contributed by atoms with E-state index in [4.69, 9.17) is 9.47 Å². The van der Waals surface area contributed by atoms with Crippen LogP contribution in [0.3, 0.4) is 0 Å². The van der Waals surface area contributed by atoms with E-state index in [0.29, 0.717) is 12.8 Å². The highest BCUT2D eigenvalue weighted by Crippen LogP contribution is 2.07. The number of esters is 2. The van der Waals surface area contributed by atoms with Crippen molar-refractivity contribution in [2.24, 2.45) is 0 Å². The molecule has 1 atom stereocenters. The lowest BCUT2D eigenvalue weighted by Gasteiger charge is -2.13. The Bertz CT molecular complexity index is 289. The van der Waals surface area contributed by atoms with Crippen LogP contribution in [0.15, 0.2) is 0 Å². The summed E-state index contributed by atoms with van der Waals surface area (Å²) in [6.45, 7) is 6.23. The van der Waals surface area contributed by atoms with E-state index in [9.17, 15) is 9.59 Å². The molecular weight excluding hydrogens is 280 g/mol. The van der Waals surface area contributed by atoms with Gasteiger partial charge in [0.2, 0.25) is 0 Å². The number of carbonyl (C=O) groups excluding carboxylic acids is 2. The van der Waals surface area contributed by atoms with Crippen molar-refractivity contribution in [3.05, 3.63) is 0 Å². The maximum atomic E-state index is 11.6. The zero-order valence-corrected chi connectivity index (χ0v) is 14.7. The summed E-state index contributed by atoms with van der Waals surface area (Å²) >= 11 is 0. The van der Waals surface area contributed by atoms with Gasteiger partial charge in [-0.2, -0.15) is 0 Å². The third kappa shape index (κ3) is 13.9. The van der Waals surface area contributed by atoms with Gasteiger partial charge in [0, 0.05) is 12.8 Å². The third-order valence-electron chi connectivity index (χ3n) is 3.53. The molecule has 4 nitrogen and oxygen atoms in total. The Morgan fingerprint density at radius 1 is 0.773 bits per heavy atom. The van der Waals surface area contributed by atoms with Gasteiger partial charge in [0.05, 0.1) is 0 Å². The van der Waals surface area contributed by atoms with Gasteiger partial charge < -0.3 is 9.47 Å². The first-order chi connectivity index (χ1) is 10.6. The Morgan fingerprint density at radius 2 is 1.27 bits per heavy atom. The average molecular weight is 314 g/mol. The topological polar surface area (TPSA) is 52.6 Å². The first-order valence-corrected chi connectivity index (χ1v) is 8.95. The van der Waals surface area contributed by atoms with E-state index >= 15 is 0 Å². The van der Waals surface area contributed by atoms with Crippen molar-refractivity contribution in [1.82, 2.24) is 0 Å². The number of hydrogen-bond acceptors (Lipinski definition) is 4. The largest absolute Gasteiger partial charge is 0.462 e. The Labute approximate surface area is 135 Å². The van der Waals surface area contributed by atoms with Gasteiger partial charge in [-0.05, 0) is 19.8 Å². The fourth-order valence-electron chi connectivity index (χ4n) is 2.17. The molecule has 0 aromatic heterocycles. The predicted octanol–water partition coefficient (Wildman–Crippen LogP) is 4.79. The molecule has 0 spiro atoms. The molecule has 0 aromatic rings. The van der Waals surface area contributed by atoms with Crippen molar-refractivity contribution in [3.63, 3.8) is 0 Å². The van der Waals surface area contributed by atoms with Gasteiger partial charge >= 0.3 is 11.9 Å². The number of ether oxygens (including phenoxy) is 2. The summed E-state index contributed by atoms with van der Waals surface area (Å²) in [5.41, 5.74) is 0. The molecule has 0 aromatic carbocycles. The summed E-state index contributed by atoms with van der Waals surface area (Å²) in [6, 6.07) is 0. The minimum absolute atomic E-state index is 0.161. The van der Waals surface area contributed by atoms with Gasteiger partial charge in [-0.3, -0.25) is 9.59 Å². The second kappa shape index (κ2) is 14.9. The Hall–Kier alpha value is -1.06. The van der Waals surface area contributed by atoms with Crippen LogP contribution in [0.4, 0.5) is 0 Å². The van der Waals surface area contributed by atoms with Crippen LogP contribution in [0.2, 0.25) is 0 Å². The molecule has 0 rings (SSSR count). The molecule has 130 valence electrons. The standard InChI is InChI=1S/C18H34O4/c1-4-6-8-10-12-13-17(19)21-15-16(3)22-18(20)14-11-9-7-5-2/h16H,4-15H2,1-3H3. The van der Waals surface area contributed by atoms with E-state index in [1.54, 1.807) is 6.92 Å². The van der Waals surface area contributed by atoms with Crippen LogP contribution >= 0.6 is 0 Å². The molecule has 4 heteroatoms. The predicted molar refractivity (Wildman–Crippen MR) is 88.6 cm³/mol. The molecule has 0 saturated carbocycles. The highest BCUT2D eigenvalue weighted by molar-refractivity contribution is 5.70. The highest BCUT2D eigenvalue weighted by atomic mass is 16.6. The maximum Gasteiger partial charge on any atom is 0.306 e. The molecular formula is C18H34O4. The first-order valence-electron chi connectivity index (χ1n) is 8.95. The van der Waals surface area contributed by atoms with Crippen LogP contribution < -0.4 is 0 Å². The fraction of sp³-hybridized carbons (Fsp3) is 0.889. The van der Waals surface area contributed by atoms with Crippen LogP contribution in [0.25, 0.3) is 0 Å².